The van der Waals surface area contributed by atoms with Gasteiger partial charge in [0.1, 0.15) is 11.8 Å². The van der Waals surface area contributed by atoms with Crippen LogP contribution in [0.2, 0.25) is 0 Å². The number of rotatable bonds is 7. The number of thioether (sulfide) groups is 1. The molecule has 5 heteroatoms. The Balaban J connectivity index is 2.42. The van der Waals surface area contributed by atoms with E-state index in [9.17, 15) is 4.79 Å². The van der Waals surface area contributed by atoms with E-state index in [0.717, 1.165) is 22.8 Å². The van der Waals surface area contributed by atoms with Crippen LogP contribution >= 0.6 is 11.8 Å². The summed E-state index contributed by atoms with van der Waals surface area (Å²) in [5.74, 6) is 1.47. The van der Waals surface area contributed by atoms with Crippen LogP contribution < -0.4 is 10.1 Å². The highest BCUT2D eigenvalue weighted by Gasteiger charge is 2.16. The molecule has 0 aromatic heterocycles. The lowest BCUT2D eigenvalue weighted by molar-refractivity contribution is -0.143. The molecule has 1 aromatic rings. The van der Waals surface area contributed by atoms with E-state index in [4.69, 9.17) is 9.47 Å². The third kappa shape index (κ3) is 4.58. The van der Waals surface area contributed by atoms with Crippen molar-refractivity contribution in [3.63, 3.8) is 0 Å². The molecule has 0 aliphatic carbocycles. The van der Waals surface area contributed by atoms with Crippen LogP contribution in [0, 0.1) is 0 Å². The minimum Gasteiger partial charge on any atom is -0.497 e. The summed E-state index contributed by atoms with van der Waals surface area (Å²) >= 11 is 1.69. The number of hydrogen-bond acceptors (Lipinski definition) is 5. The van der Waals surface area contributed by atoms with E-state index in [0.29, 0.717) is 0 Å². The summed E-state index contributed by atoms with van der Waals surface area (Å²) in [5, 5.41) is 2.95. The quantitative estimate of drug-likeness (QED) is 0.605. The van der Waals surface area contributed by atoms with Crippen LogP contribution in [0.5, 0.6) is 5.75 Å². The highest BCUT2D eigenvalue weighted by atomic mass is 32.2. The Bertz CT molecular complexity index is 384. The molecule has 0 aliphatic rings. The van der Waals surface area contributed by atoms with Gasteiger partial charge in [-0.1, -0.05) is 6.07 Å². The third-order valence-corrected chi connectivity index (χ3v) is 3.58. The van der Waals surface area contributed by atoms with Gasteiger partial charge in [-0.3, -0.25) is 4.79 Å². The molecule has 0 aliphatic heterocycles. The van der Waals surface area contributed by atoms with E-state index in [1.54, 1.807) is 25.9 Å². The highest BCUT2D eigenvalue weighted by molar-refractivity contribution is 7.99. The molecule has 0 bridgehead atoms. The molecule has 0 spiro atoms. The summed E-state index contributed by atoms with van der Waals surface area (Å²) in [7, 11) is 4.82. The normalized spacial score (nSPS) is 11.9. The van der Waals surface area contributed by atoms with Crippen LogP contribution in [0.1, 0.15) is 6.42 Å². The van der Waals surface area contributed by atoms with Crippen molar-refractivity contribution >= 4 is 17.7 Å². The Morgan fingerprint density at radius 2 is 2.22 bits per heavy atom. The fourth-order valence-corrected chi connectivity index (χ4v) is 2.47. The zero-order valence-corrected chi connectivity index (χ0v) is 11.8. The van der Waals surface area contributed by atoms with Crippen molar-refractivity contribution in [1.82, 2.24) is 5.32 Å². The summed E-state index contributed by atoms with van der Waals surface area (Å²) in [6.07, 6.45) is 0.727. The molecule has 1 atom stereocenters. The molecule has 18 heavy (non-hydrogen) atoms. The fourth-order valence-electron chi connectivity index (χ4n) is 1.51. The van der Waals surface area contributed by atoms with Crippen molar-refractivity contribution in [2.45, 2.75) is 17.4 Å². The van der Waals surface area contributed by atoms with Gasteiger partial charge in [-0.15, -0.1) is 11.8 Å². The second-order valence-corrected chi connectivity index (χ2v) is 4.85. The third-order valence-electron chi connectivity index (χ3n) is 2.55. The molecule has 4 nitrogen and oxygen atoms in total. The van der Waals surface area contributed by atoms with Crippen LogP contribution in [0.3, 0.4) is 0 Å². The van der Waals surface area contributed by atoms with Crippen LogP contribution in [-0.4, -0.2) is 39.0 Å². The van der Waals surface area contributed by atoms with Gasteiger partial charge in [-0.05, 0) is 31.7 Å². The Kier molecular flexibility index (Phi) is 6.60. The molecule has 1 unspecified atom stereocenters. The number of esters is 1. The molecule has 0 saturated carbocycles. The summed E-state index contributed by atoms with van der Waals surface area (Å²) in [4.78, 5) is 12.5. The number of ether oxygens (including phenoxy) is 2. The number of methoxy groups -OCH3 is 2. The van der Waals surface area contributed by atoms with E-state index in [1.165, 1.54) is 7.11 Å². The van der Waals surface area contributed by atoms with E-state index in [1.807, 2.05) is 24.3 Å². The van der Waals surface area contributed by atoms with Gasteiger partial charge < -0.3 is 14.8 Å². The second kappa shape index (κ2) is 8.00. The number of carbonyl (C=O) groups excluding carboxylic acids is 1. The van der Waals surface area contributed by atoms with Gasteiger partial charge in [0.05, 0.1) is 14.2 Å². The SMILES string of the molecule is CNC(CCSc1cccc(OC)c1)C(=O)OC. The number of carbonyl (C=O) groups is 1. The average Bonchev–Trinajstić information content (AvgIpc) is 2.43. The first-order valence-corrected chi connectivity index (χ1v) is 6.71. The minimum atomic E-state index is -0.242. The van der Waals surface area contributed by atoms with E-state index >= 15 is 0 Å². The van der Waals surface area contributed by atoms with E-state index in [-0.39, 0.29) is 12.0 Å². The van der Waals surface area contributed by atoms with Crippen LogP contribution in [0.4, 0.5) is 0 Å². The number of likely N-dealkylation sites (N-methyl/N-ethyl adjacent to an activating group) is 1. The maximum absolute atomic E-state index is 11.4. The lowest BCUT2D eigenvalue weighted by atomic mass is 10.2. The maximum atomic E-state index is 11.4. The summed E-state index contributed by atoms with van der Waals surface area (Å²) in [6.45, 7) is 0. The van der Waals surface area contributed by atoms with E-state index in [2.05, 4.69) is 5.32 Å². The zero-order chi connectivity index (χ0) is 13.4. The van der Waals surface area contributed by atoms with Crippen LogP contribution in [-0.2, 0) is 9.53 Å². The molecule has 100 valence electrons. The van der Waals surface area contributed by atoms with Gasteiger partial charge in [0.15, 0.2) is 0 Å². The van der Waals surface area contributed by atoms with Crippen molar-refractivity contribution in [2.24, 2.45) is 0 Å². The number of nitrogens with one attached hydrogen (secondary N) is 1. The van der Waals surface area contributed by atoms with Gasteiger partial charge in [0.2, 0.25) is 0 Å². The minimum absolute atomic E-state index is 0.219. The summed E-state index contributed by atoms with van der Waals surface area (Å²) < 4.78 is 9.87. The lowest BCUT2D eigenvalue weighted by Gasteiger charge is -2.13. The molecule has 1 N–H and O–H groups in total. The first kappa shape index (κ1) is 14.9. The van der Waals surface area contributed by atoms with Gasteiger partial charge in [0.25, 0.3) is 0 Å². The van der Waals surface area contributed by atoms with Crippen molar-refractivity contribution in [2.75, 3.05) is 27.0 Å². The first-order valence-electron chi connectivity index (χ1n) is 5.73. The molecule has 0 radical (unpaired) electrons. The van der Waals surface area contributed by atoms with Crippen molar-refractivity contribution in [1.29, 1.82) is 0 Å². The summed E-state index contributed by atoms with van der Waals surface area (Å²) in [6, 6.07) is 7.64. The Morgan fingerprint density at radius 1 is 1.44 bits per heavy atom. The number of hydrogen-bond donors (Lipinski definition) is 1. The summed E-state index contributed by atoms with van der Waals surface area (Å²) in [5.41, 5.74) is 0. The van der Waals surface area contributed by atoms with Gasteiger partial charge in [0, 0.05) is 10.6 Å². The topological polar surface area (TPSA) is 47.6 Å². The predicted octanol–water partition coefficient (Wildman–Crippen LogP) is 1.94. The Labute approximate surface area is 112 Å². The van der Waals surface area contributed by atoms with Crippen LogP contribution in [0.25, 0.3) is 0 Å². The second-order valence-electron chi connectivity index (χ2n) is 3.68. The zero-order valence-electron chi connectivity index (χ0n) is 10.9. The maximum Gasteiger partial charge on any atom is 0.322 e. The largest absolute Gasteiger partial charge is 0.497 e. The molecule has 0 saturated heterocycles. The van der Waals surface area contributed by atoms with Crippen molar-refractivity contribution < 1.29 is 14.3 Å². The highest BCUT2D eigenvalue weighted by Crippen LogP contribution is 2.23. The van der Waals surface area contributed by atoms with Gasteiger partial charge in [-0.25, -0.2) is 0 Å². The Morgan fingerprint density at radius 3 is 2.83 bits per heavy atom. The molecule has 0 heterocycles. The molecule has 1 aromatic carbocycles. The Hall–Kier alpha value is -1.20. The molecule has 0 amide bonds. The van der Waals surface area contributed by atoms with Crippen molar-refractivity contribution in [3.8, 4) is 5.75 Å². The standard InChI is InChI=1S/C13H19NO3S/c1-14-12(13(15)17-3)7-8-18-11-6-4-5-10(9-11)16-2/h4-6,9,12,14H,7-8H2,1-3H3. The van der Waals surface area contributed by atoms with Gasteiger partial charge >= 0.3 is 5.97 Å². The fraction of sp³-hybridized carbons (Fsp3) is 0.462. The lowest BCUT2D eigenvalue weighted by Crippen LogP contribution is -2.35. The molecule has 1 rings (SSSR count). The van der Waals surface area contributed by atoms with E-state index < -0.39 is 0 Å². The smallest absolute Gasteiger partial charge is 0.322 e. The molecular formula is C13H19NO3S. The predicted molar refractivity (Wildman–Crippen MR) is 73.2 cm³/mol. The number of benzene rings is 1. The monoisotopic (exact) mass is 269 g/mol. The average molecular weight is 269 g/mol. The molecule has 0 fully saturated rings. The first-order chi connectivity index (χ1) is 8.71. The van der Waals surface area contributed by atoms with Crippen molar-refractivity contribution in [3.05, 3.63) is 24.3 Å². The van der Waals surface area contributed by atoms with Gasteiger partial charge in [-0.2, -0.15) is 0 Å². The van der Waals surface area contributed by atoms with Crippen LogP contribution in [0.15, 0.2) is 29.2 Å². The molecular weight excluding hydrogens is 250 g/mol.